The average Bonchev–Trinajstić information content (AvgIpc) is 3.11. The van der Waals surface area contributed by atoms with Crippen LogP contribution in [0, 0.1) is 58.2 Å². The fourth-order valence-electron chi connectivity index (χ4n) is 9.35. The number of esters is 1. The summed E-state index contributed by atoms with van der Waals surface area (Å²) in [4.78, 5) is 11.7. The van der Waals surface area contributed by atoms with Crippen LogP contribution in [0.3, 0.4) is 0 Å². The maximum atomic E-state index is 11.7. The van der Waals surface area contributed by atoms with Crippen LogP contribution in [-0.4, -0.2) is 12.1 Å². The average molecular weight is 457 g/mol. The third kappa shape index (κ3) is 4.35. The van der Waals surface area contributed by atoms with Crippen molar-refractivity contribution in [3.8, 4) is 0 Å². The molecule has 0 bridgehead atoms. The third-order valence-corrected chi connectivity index (χ3v) is 11.8. The minimum Gasteiger partial charge on any atom is -0.462 e. The molecule has 0 N–H and O–H groups in total. The minimum atomic E-state index is -0.107. The van der Waals surface area contributed by atoms with E-state index in [-0.39, 0.29) is 12.1 Å². The van der Waals surface area contributed by atoms with Crippen molar-refractivity contribution in [1.29, 1.82) is 0 Å². The Kier molecular flexibility index (Phi) is 7.17. The molecule has 3 fully saturated rings. The molecule has 10 atom stereocenters. The lowest BCUT2D eigenvalue weighted by atomic mass is 9.46. The van der Waals surface area contributed by atoms with Gasteiger partial charge >= 0.3 is 5.97 Å². The zero-order valence-corrected chi connectivity index (χ0v) is 23.0. The van der Waals surface area contributed by atoms with Gasteiger partial charge in [0, 0.05) is 6.92 Å². The van der Waals surface area contributed by atoms with Crippen molar-refractivity contribution >= 4 is 5.97 Å². The summed E-state index contributed by atoms with van der Waals surface area (Å²) in [7, 11) is 0. The summed E-state index contributed by atoms with van der Waals surface area (Å²) in [6.07, 6.45) is 14.7. The Labute approximate surface area is 204 Å². The normalized spacial score (nSPS) is 44.3. The van der Waals surface area contributed by atoms with E-state index in [1.54, 1.807) is 6.92 Å². The predicted octanol–water partition coefficient (Wildman–Crippen LogP) is 8.45. The summed E-state index contributed by atoms with van der Waals surface area (Å²) >= 11 is 0. The lowest BCUT2D eigenvalue weighted by Crippen LogP contribution is -2.53. The standard InChI is InChI=1S/C31H52O2/c1-19(2)20(3)9-10-21(4)25-13-14-27-24-11-12-26-22(5)29(33-23(6)32)16-18-31(26,8)28(24)15-17-30(25,27)7/h11,19-22,25-29H,9-10,12-18H2,1-8H3/t20-,21-,22+,25-,26+,27+,28+,29+,30-,31+/m1/s1. The highest BCUT2D eigenvalue weighted by molar-refractivity contribution is 5.66. The van der Waals surface area contributed by atoms with Gasteiger partial charge in [0.05, 0.1) is 0 Å². The van der Waals surface area contributed by atoms with Gasteiger partial charge in [-0.2, -0.15) is 0 Å². The highest BCUT2D eigenvalue weighted by Crippen LogP contribution is 2.67. The van der Waals surface area contributed by atoms with E-state index >= 15 is 0 Å². The molecule has 0 unspecified atom stereocenters. The van der Waals surface area contributed by atoms with Gasteiger partial charge in [-0.3, -0.25) is 4.79 Å². The van der Waals surface area contributed by atoms with Crippen molar-refractivity contribution in [3.05, 3.63) is 11.6 Å². The lowest BCUT2D eigenvalue weighted by Gasteiger charge is -2.59. The van der Waals surface area contributed by atoms with Gasteiger partial charge in [-0.15, -0.1) is 0 Å². The van der Waals surface area contributed by atoms with Crippen LogP contribution in [0.1, 0.15) is 113 Å². The van der Waals surface area contributed by atoms with Crippen molar-refractivity contribution in [1.82, 2.24) is 0 Å². The monoisotopic (exact) mass is 456 g/mol. The summed E-state index contributed by atoms with van der Waals surface area (Å²) in [6.45, 7) is 19.0. The van der Waals surface area contributed by atoms with Gasteiger partial charge in [0.1, 0.15) is 6.10 Å². The fourth-order valence-corrected chi connectivity index (χ4v) is 9.35. The van der Waals surface area contributed by atoms with E-state index in [0.29, 0.717) is 22.7 Å². The van der Waals surface area contributed by atoms with E-state index in [1.807, 2.05) is 5.57 Å². The van der Waals surface area contributed by atoms with Crippen molar-refractivity contribution < 1.29 is 9.53 Å². The molecule has 33 heavy (non-hydrogen) atoms. The Morgan fingerprint density at radius 2 is 1.67 bits per heavy atom. The second kappa shape index (κ2) is 9.34. The van der Waals surface area contributed by atoms with E-state index in [4.69, 9.17) is 4.74 Å². The number of hydrogen-bond acceptors (Lipinski definition) is 2. The molecule has 4 rings (SSSR count). The second-order valence-electron chi connectivity index (χ2n) is 13.7. The van der Waals surface area contributed by atoms with Gasteiger partial charge in [0.15, 0.2) is 0 Å². The zero-order valence-electron chi connectivity index (χ0n) is 23.0. The van der Waals surface area contributed by atoms with E-state index in [0.717, 1.165) is 41.9 Å². The Morgan fingerprint density at radius 3 is 2.33 bits per heavy atom. The number of ether oxygens (including phenoxy) is 1. The molecule has 0 aliphatic heterocycles. The number of carbonyl (C=O) groups is 1. The Bertz CT molecular complexity index is 752. The van der Waals surface area contributed by atoms with E-state index in [9.17, 15) is 4.79 Å². The molecule has 4 aliphatic rings. The highest BCUT2D eigenvalue weighted by Gasteiger charge is 2.59. The Morgan fingerprint density at radius 1 is 1.00 bits per heavy atom. The molecule has 0 radical (unpaired) electrons. The van der Waals surface area contributed by atoms with Crippen molar-refractivity contribution in [2.75, 3.05) is 0 Å². The summed E-state index contributed by atoms with van der Waals surface area (Å²) < 4.78 is 5.75. The first-order valence-electron chi connectivity index (χ1n) is 14.4. The topological polar surface area (TPSA) is 26.3 Å². The first-order valence-corrected chi connectivity index (χ1v) is 14.4. The molecule has 0 amide bonds. The molecule has 0 heterocycles. The van der Waals surface area contributed by atoms with E-state index in [2.05, 4.69) is 54.5 Å². The zero-order chi connectivity index (χ0) is 24.1. The first kappa shape index (κ1) is 25.3. The smallest absolute Gasteiger partial charge is 0.302 e. The summed E-state index contributed by atoms with van der Waals surface area (Å²) in [5, 5.41) is 0. The third-order valence-electron chi connectivity index (χ3n) is 11.8. The first-order chi connectivity index (χ1) is 15.5. The number of allylic oxidation sites excluding steroid dienone is 2. The SMILES string of the molecule is CC(=O)O[C@H]1CC[C@]2(C)[C@H]3CC[C@]4(C)[C@@H]([C@H](C)CC[C@@H](C)C(C)C)CC[C@H]4C3=CC[C@H]2[C@@H]1C. The summed E-state index contributed by atoms with van der Waals surface area (Å²) in [5.41, 5.74) is 2.75. The summed E-state index contributed by atoms with van der Waals surface area (Å²) in [5.74, 6) is 5.98. The number of rotatable bonds is 6. The van der Waals surface area contributed by atoms with Crippen LogP contribution < -0.4 is 0 Å². The molecule has 0 aromatic heterocycles. The van der Waals surface area contributed by atoms with Crippen LogP contribution in [0.15, 0.2) is 11.6 Å². The molecular weight excluding hydrogens is 404 g/mol. The fraction of sp³-hybridized carbons (Fsp3) is 0.903. The van der Waals surface area contributed by atoms with Crippen molar-refractivity contribution in [3.63, 3.8) is 0 Å². The van der Waals surface area contributed by atoms with Gasteiger partial charge in [-0.05, 0) is 103 Å². The maximum absolute atomic E-state index is 11.7. The van der Waals surface area contributed by atoms with Crippen LogP contribution in [-0.2, 0) is 9.53 Å². The van der Waals surface area contributed by atoms with Crippen LogP contribution in [0.4, 0.5) is 0 Å². The molecule has 4 aliphatic carbocycles. The molecule has 0 aromatic carbocycles. The van der Waals surface area contributed by atoms with Crippen LogP contribution in [0.2, 0.25) is 0 Å². The van der Waals surface area contributed by atoms with E-state index in [1.165, 1.54) is 51.4 Å². The molecular formula is C31H52O2. The molecule has 3 saturated carbocycles. The molecule has 188 valence electrons. The number of hydrogen-bond donors (Lipinski definition) is 0. The molecule has 0 aromatic rings. The van der Waals surface area contributed by atoms with Gasteiger partial charge in [-0.25, -0.2) is 0 Å². The predicted molar refractivity (Wildman–Crippen MR) is 138 cm³/mol. The van der Waals surface area contributed by atoms with Crippen LogP contribution in [0.5, 0.6) is 0 Å². The van der Waals surface area contributed by atoms with Gasteiger partial charge in [0.25, 0.3) is 0 Å². The summed E-state index contributed by atoms with van der Waals surface area (Å²) in [6, 6.07) is 0. The van der Waals surface area contributed by atoms with Crippen LogP contribution >= 0.6 is 0 Å². The Hall–Kier alpha value is -0.790. The number of fused-ring (bicyclic) bond motifs is 5. The highest BCUT2D eigenvalue weighted by atomic mass is 16.5. The van der Waals surface area contributed by atoms with Gasteiger partial charge in [0.2, 0.25) is 0 Å². The minimum absolute atomic E-state index is 0.107. The van der Waals surface area contributed by atoms with Crippen molar-refractivity contribution in [2.24, 2.45) is 58.2 Å². The Balaban J connectivity index is 1.50. The largest absolute Gasteiger partial charge is 0.462 e. The number of carbonyl (C=O) groups excluding carboxylic acids is 1. The van der Waals surface area contributed by atoms with Crippen LogP contribution in [0.25, 0.3) is 0 Å². The van der Waals surface area contributed by atoms with Crippen molar-refractivity contribution in [2.45, 2.75) is 119 Å². The van der Waals surface area contributed by atoms with Gasteiger partial charge in [-0.1, -0.05) is 73.0 Å². The molecule has 2 nitrogen and oxygen atoms in total. The maximum Gasteiger partial charge on any atom is 0.302 e. The second-order valence-corrected chi connectivity index (χ2v) is 13.7. The lowest BCUT2D eigenvalue weighted by molar-refractivity contribution is -0.158. The van der Waals surface area contributed by atoms with E-state index < -0.39 is 0 Å². The molecule has 0 spiro atoms. The molecule has 0 saturated heterocycles. The molecule has 2 heteroatoms. The quantitative estimate of drug-likeness (QED) is 0.296. The van der Waals surface area contributed by atoms with Gasteiger partial charge < -0.3 is 4.74 Å².